The van der Waals surface area contributed by atoms with Gasteiger partial charge in [0.25, 0.3) is 5.91 Å². The number of hydrogen-bond acceptors (Lipinski definition) is 4. The summed E-state index contributed by atoms with van der Waals surface area (Å²) < 4.78 is 0. The smallest absolute Gasteiger partial charge is 0.263 e. The highest BCUT2D eigenvalue weighted by molar-refractivity contribution is 7.12. The Hall–Kier alpha value is -2.67. The molecular formula is C19H21N3O3S. The summed E-state index contributed by atoms with van der Waals surface area (Å²) in [4.78, 5) is 38.7. The Morgan fingerprint density at radius 2 is 1.88 bits per heavy atom. The molecule has 1 aromatic heterocycles. The van der Waals surface area contributed by atoms with Gasteiger partial charge in [0, 0.05) is 31.4 Å². The fraction of sp³-hybridized carbons (Fsp3) is 0.316. The second-order valence-electron chi connectivity index (χ2n) is 6.32. The predicted molar refractivity (Wildman–Crippen MR) is 102 cm³/mol. The number of carbonyl (C=O) groups is 3. The summed E-state index contributed by atoms with van der Waals surface area (Å²) in [6.45, 7) is 2.54. The van der Waals surface area contributed by atoms with Crippen molar-refractivity contribution in [2.75, 3.05) is 23.7 Å². The number of anilines is 2. The van der Waals surface area contributed by atoms with Crippen molar-refractivity contribution in [3.63, 3.8) is 0 Å². The molecule has 3 amide bonds. The molecular weight excluding hydrogens is 350 g/mol. The standard InChI is InChI=1S/C19H21N3O3S/c1-13(23)20-15-6-2-7-16(11-15)21-18(24)14-5-3-9-22(12-14)19(25)17-8-4-10-26-17/h2,4,6-8,10-11,14H,3,5,9,12H2,1H3,(H,20,23)(H,21,24). The number of nitrogens with zero attached hydrogens (tertiary/aromatic N) is 1. The van der Waals surface area contributed by atoms with E-state index < -0.39 is 0 Å². The lowest BCUT2D eigenvalue weighted by atomic mass is 9.97. The molecule has 2 N–H and O–H groups in total. The van der Waals surface area contributed by atoms with Crippen LogP contribution in [0, 0.1) is 5.92 Å². The van der Waals surface area contributed by atoms with Crippen molar-refractivity contribution in [2.24, 2.45) is 5.92 Å². The van der Waals surface area contributed by atoms with E-state index in [-0.39, 0.29) is 23.6 Å². The molecule has 3 rings (SSSR count). The molecule has 6 nitrogen and oxygen atoms in total. The molecule has 1 saturated heterocycles. The summed E-state index contributed by atoms with van der Waals surface area (Å²) in [5, 5.41) is 7.47. The molecule has 1 aliphatic rings. The van der Waals surface area contributed by atoms with Crippen LogP contribution in [-0.4, -0.2) is 35.7 Å². The molecule has 1 aliphatic heterocycles. The molecule has 2 heterocycles. The third-order valence-electron chi connectivity index (χ3n) is 4.26. The van der Waals surface area contributed by atoms with Gasteiger partial charge >= 0.3 is 0 Å². The zero-order chi connectivity index (χ0) is 18.5. The van der Waals surface area contributed by atoms with Gasteiger partial charge in [-0.25, -0.2) is 0 Å². The Morgan fingerprint density at radius 1 is 1.12 bits per heavy atom. The molecule has 1 aromatic carbocycles. The summed E-state index contributed by atoms with van der Waals surface area (Å²) in [6.07, 6.45) is 1.56. The van der Waals surface area contributed by atoms with Crippen molar-refractivity contribution >= 4 is 40.4 Å². The highest BCUT2D eigenvalue weighted by Gasteiger charge is 2.29. The van der Waals surface area contributed by atoms with E-state index in [1.807, 2.05) is 17.5 Å². The molecule has 0 spiro atoms. The Balaban J connectivity index is 1.62. The summed E-state index contributed by atoms with van der Waals surface area (Å²) in [6, 6.07) is 10.7. The molecule has 1 atom stereocenters. The lowest BCUT2D eigenvalue weighted by Gasteiger charge is -2.31. The first-order valence-corrected chi connectivity index (χ1v) is 9.42. The highest BCUT2D eigenvalue weighted by atomic mass is 32.1. The van der Waals surface area contributed by atoms with Crippen LogP contribution in [0.1, 0.15) is 29.4 Å². The Bertz CT molecular complexity index is 804. The lowest BCUT2D eigenvalue weighted by molar-refractivity contribution is -0.121. The van der Waals surface area contributed by atoms with Crippen molar-refractivity contribution in [3.05, 3.63) is 46.7 Å². The first kappa shape index (κ1) is 18.1. The minimum Gasteiger partial charge on any atom is -0.337 e. The molecule has 1 unspecified atom stereocenters. The normalized spacial score (nSPS) is 16.8. The highest BCUT2D eigenvalue weighted by Crippen LogP contribution is 2.23. The Labute approximate surface area is 156 Å². The van der Waals surface area contributed by atoms with Gasteiger partial charge in [0.05, 0.1) is 10.8 Å². The SMILES string of the molecule is CC(=O)Nc1cccc(NC(=O)C2CCCN(C(=O)c3cccs3)C2)c1. The van der Waals surface area contributed by atoms with Crippen molar-refractivity contribution in [1.29, 1.82) is 0 Å². The third kappa shape index (κ3) is 4.49. The predicted octanol–water partition coefficient (Wildman–Crippen LogP) is 3.20. The van der Waals surface area contributed by atoms with E-state index in [2.05, 4.69) is 10.6 Å². The van der Waals surface area contributed by atoms with Crippen molar-refractivity contribution in [1.82, 2.24) is 4.90 Å². The quantitative estimate of drug-likeness (QED) is 0.866. The second kappa shape index (κ2) is 8.14. The first-order valence-electron chi connectivity index (χ1n) is 8.54. The maximum Gasteiger partial charge on any atom is 0.263 e. The van der Waals surface area contributed by atoms with Crippen LogP contribution >= 0.6 is 11.3 Å². The van der Waals surface area contributed by atoms with E-state index >= 15 is 0 Å². The van der Waals surface area contributed by atoms with Crippen LogP contribution in [0.15, 0.2) is 41.8 Å². The van der Waals surface area contributed by atoms with E-state index in [4.69, 9.17) is 0 Å². The van der Waals surface area contributed by atoms with Gasteiger partial charge in [-0.2, -0.15) is 0 Å². The average molecular weight is 371 g/mol. The van der Waals surface area contributed by atoms with Gasteiger partial charge < -0.3 is 15.5 Å². The van der Waals surface area contributed by atoms with Gasteiger partial charge in [-0.05, 0) is 42.5 Å². The van der Waals surface area contributed by atoms with Crippen molar-refractivity contribution < 1.29 is 14.4 Å². The topological polar surface area (TPSA) is 78.5 Å². The van der Waals surface area contributed by atoms with Gasteiger partial charge in [-0.3, -0.25) is 14.4 Å². The van der Waals surface area contributed by atoms with Crippen LogP contribution in [0.25, 0.3) is 0 Å². The number of thiophene rings is 1. The summed E-state index contributed by atoms with van der Waals surface area (Å²) >= 11 is 1.42. The minimum absolute atomic E-state index is 0.00912. The third-order valence-corrected chi connectivity index (χ3v) is 5.12. The molecule has 0 radical (unpaired) electrons. The molecule has 0 saturated carbocycles. The number of hydrogen-bond donors (Lipinski definition) is 2. The molecule has 0 aliphatic carbocycles. The van der Waals surface area contributed by atoms with E-state index in [1.54, 1.807) is 29.2 Å². The zero-order valence-electron chi connectivity index (χ0n) is 14.5. The number of carbonyl (C=O) groups excluding carboxylic acids is 3. The molecule has 2 aromatic rings. The Morgan fingerprint density at radius 3 is 2.58 bits per heavy atom. The van der Waals surface area contributed by atoms with Gasteiger partial charge in [-0.1, -0.05) is 12.1 Å². The van der Waals surface area contributed by atoms with Crippen LogP contribution < -0.4 is 10.6 Å². The average Bonchev–Trinajstić information content (AvgIpc) is 3.15. The molecule has 1 fully saturated rings. The van der Waals surface area contributed by atoms with Crippen LogP contribution in [0.4, 0.5) is 11.4 Å². The van der Waals surface area contributed by atoms with Gasteiger partial charge in [0.2, 0.25) is 11.8 Å². The van der Waals surface area contributed by atoms with Crippen LogP contribution in [-0.2, 0) is 9.59 Å². The number of amides is 3. The van der Waals surface area contributed by atoms with E-state index in [1.165, 1.54) is 18.3 Å². The van der Waals surface area contributed by atoms with Gasteiger partial charge in [-0.15, -0.1) is 11.3 Å². The van der Waals surface area contributed by atoms with Crippen LogP contribution in [0.2, 0.25) is 0 Å². The fourth-order valence-corrected chi connectivity index (χ4v) is 3.74. The van der Waals surface area contributed by atoms with Crippen molar-refractivity contribution in [3.8, 4) is 0 Å². The van der Waals surface area contributed by atoms with Gasteiger partial charge in [0.15, 0.2) is 0 Å². The van der Waals surface area contributed by atoms with E-state index in [9.17, 15) is 14.4 Å². The van der Waals surface area contributed by atoms with Crippen LogP contribution in [0.5, 0.6) is 0 Å². The molecule has 26 heavy (non-hydrogen) atoms. The molecule has 136 valence electrons. The fourth-order valence-electron chi connectivity index (χ4n) is 3.05. The van der Waals surface area contributed by atoms with E-state index in [0.29, 0.717) is 29.3 Å². The largest absolute Gasteiger partial charge is 0.337 e. The maximum atomic E-state index is 12.6. The van der Waals surface area contributed by atoms with Gasteiger partial charge in [0.1, 0.15) is 0 Å². The summed E-state index contributed by atoms with van der Waals surface area (Å²) in [5.74, 6) is -0.514. The van der Waals surface area contributed by atoms with E-state index in [0.717, 1.165) is 12.8 Å². The second-order valence-corrected chi connectivity index (χ2v) is 7.27. The number of piperidine rings is 1. The lowest BCUT2D eigenvalue weighted by Crippen LogP contribution is -2.43. The summed E-state index contributed by atoms with van der Waals surface area (Å²) in [5.41, 5.74) is 1.26. The maximum absolute atomic E-state index is 12.6. The number of likely N-dealkylation sites (tertiary alicyclic amines) is 1. The van der Waals surface area contributed by atoms with Crippen LogP contribution in [0.3, 0.4) is 0 Å². The summed E-state index contributed by atoms with van der Waals surface area (Å²) in [7, 11) is 0. The zero-order valence-corrected chi connectivity index (χ0v) is 15.3. The van der Waals surface area contributed by atoms with Crippen molar-refractivity contribution in [2.45, 2.75) is 19.8 Å². The minimum atomic E-state index is -0.239. The number of rotatable bonds is 4. The molecule has 0 bridgehead atoms. The first-order chi connectivity index (χ1) is 12.5. The Kier molecular flexibility index (Phi) is 5.68. The number of benzene rings is 1. The molecule has 7 heteroatoms. The number of nitrogens with one attached hydrogen (secondary N) is 2. The monoisotopic (exact) mass is 371 g/mol.